The number of hydrogen-bond acceptors (Lipinski definition) is 3. The molecule has 1 aliphatic carbocycles. The van der Waals surface area contributed by atoms with E-state index in [1.807, 2.05) is 34.6 Å². The van der Waals surface area contributed by atoms with Gasteiger partial charge in [-0.05, 0) is 53.4 Å². The molecule has 1 aliphatic rings. The van der Waals surface area contributed by atoms with Gasteiger partial charge < -0.3 is 15.4 Å². The molecule has 0 aliphatic heterocycles. The SMILES string of the molecule is CC(C)(CNC(=O)OC(C)(C)C)NC(=O)CC1CCCC1. The highest BCUT2D eigenvalue weighted by atomic mass is 16.6. The van der Waals surface area contributed by atoms with Crippen LogP contribution in [0.1, 0.15) is 66.7 Å². The standard InChI is InChI=1S/C16H30N2O3/c1-15(2,3)21-14(20)17-11-16(4,5)18-13(19)10-12-8-6-7-9-12/h12H,6-11H2,1-5H3,(H,17,20)(H,18,19). The Hall–Kier alpha value is -1.26. The van der Waals surface area contributed by atoms with Crippen LogP contribution in [-0.2, 0) is 9.53 Å². The van der Waals surface area contributed by atoms with E-state index in [-0.39, 0.29) is 5.91 Å². The molecule has 2 N–H and O–H groups in total. The first-order chi connectivity index (χ1) is 9.57. The van der Waals surface area contributed by atoms with Gasteiger partial charge in [0, 0.05) is 13.0 Å². The fourth-order valence-electron chi connectivity index (χ4n) is 2.56. The van der Waals surface area contributed by atoms with Crippen molar-refractivity contribution in [2.45, 2.75) is 77.9 Å². The third-order valence-corrected chi connectivity index (χ3v) is 3.50. The van der Waals surface area contributed by atoms with E-state index in [4.69, 9.17) is 4.74 Å². The van der Waals surface area contributed by atoms with Gasteiger partial charge in [-0.1, -0.05) is 12.8 Å². The summed E-state index contributed by atoms with van der Waals surface area (Å²) in [6.07, 6.45) is 4.92. The van der Waals surface area contributed by atoms with Gasteiger partial charge in [0.2, 0.25) is 5.91 Å². The first-order valence-corrected chi connectivity index (χ1v) is 7.85. The molecule has 21 heavy (non-hydrogen) atoms. The maximum atomic E-state index is 12.0. The lowest BCUT2D eigenvalue weighted by atomic mass is 10.0. The smallest absolute Gasteiger partial charge is 0.407 e. The molecule has 0 saturated heterocycles. The Kier molecular flexibility index (Phi) is 6.05. The summed E-state index contributed by atoms with van der Waals surface area (Å²) >= 11 is 0. The van der Waals surface area contributed by atoms with Crippen molar-refractivity contribution in [2.75, 3.05) is 6.54 Å². The van der Waals surface area contributed by atoms with Crippen molar-refractivity contribution < 1.29 is 14.3 Å². The Bertz CT molecular complexity index is 366. The van der Waals surface area contributed by atoms with Gasteiger partial charge in [-0.3, -0.25) is 4.79 Å². The van der Waals surface area contributed by atoms with Gasteiger partial charge >= 0.3 is 6.09 Å². The molecule has 0 unspecified atom stereocenters. The summed E-state index contributed by atoms with van der Waals surface area (Å²) < 4.78 is 5.18. The summed E-state index contributed by atoms with van der Waals surface area (Å²) in [6.45, 7) is 9.61. The predicted molar refractivity (Wildman–Crippen MR) is 83.0 cm³/mol. The Morgan fingerprint density at radius 1 is 1.10 bits per heavy atom. The molecule has 0 heterocycles. The first-order valence-electron chi connectivity index (χ1n) is 7.85. The third-order valence-electron chi connectivity index (χ3n) is 3.50. The fraction of sp³-hybridized carbons (Fsp3) is 0.875. The number of nitrogens with one attached hydrogen (secondary N) is 2. The van der Waals surface area contributed by atoms with E-state index in [2.05, 4.69) is 10.6 Å². The molecule has 0 aromatic carbocycles. The third kappa shape index (κ3) is 7.93. The average Bonchev–Trinajstić information content (AvgIpc) is 2.76. The molecule has 1 rings (SSSR count). The molecule has 0 atom stereocenters. The van der Waals surface area contributed by atoms with Crippen LogP contribution in [0.15, 0.2) is 0 Å². The van der Waals surface area contributed by atoms with E-state index in [1.165, 1.54) is 12.8 Å². The van der Waals surface area contributed by atoms with E-state index < -0.39 is 17.2 Å². The van der Waals surface area contributed by atoms with Crippen LogP contribution >= 0.6 is 0 Å². The molecule has 0 bridgehead atoms. The van der Waals surface area contributed by atoms with Crippen molar-refractivity contribution in [3.05, 3.63) is 0 Å². The van der Waals surface area contributed by atoms with Gasteiger partial charge in [-0.15, -0.1) is 0 Å². The minimum absolute atomic E-state index is 0.0675. The molecule has 5 heteroatoms. The normalized spacial score (nSPS) is 16.6. The van der Waals surface area contributed by atoms with E-state index in [1.54, 1.807) is 0 Å². The van der Waals surface area contributed by atoms with Crippen molar-refractivity contribution in [3.8, 4) is 0 Å². The van der Waals surface area contributed by atoms with Crippen LogP contribution in [0, 0.1) is 5.92 Å². The molecule has 1 saturated carbocycles. The number of amides is 2. The van der Waals surface area contributed by atoms with Crippen LogP contribution in [0.5, 0.6) is 0 Å². The van der Waals surface area contributed by atoms with Gasteiger partial charge in [0.05, 0.1) is 5.54 Å². The molecule has 0 radical (unpaired) electrons. The summed E-state index contributed by atoms with van der Waals surface area (Å²) in [4.78, 5) is 23.7. The van der Waals surface area contributed by atoms with E-state index in [0.717, 1.165) is 12.8 Å². The molecule has 0 spiro atoms. The monoisotopic (exact) mass is 298 g/mol. The molecule has 5 nitrogen and oxygen atoms in total. The second kappa shape index (κ2) is 7.14. The van der Waals surface area contributed by atoms with Gasteiger partial charge in [-0.25, -0.2) is 4.79 Å². The van der Waals surface area contributed by atoms with Crippen LogP contribution in [0.2, 0.25) is 0 Å². The summed E-state index contributed by atoms with van der Waals surface area (Å²) in [7, 11) is 0. The quantitative estimate of drug-likeness (QED) is 0.820. The van der Waals surface area contributed by atoms with Crippen LogP contribution in [0.3, 0.4) is 0 Å². The van der Waals surface area contributed by atoms with Crippen molar-refractivity contribution in [1.29, 1.82) is 0 Å². The Morgan fingerprint density at radius 3 is 2.19 bits per heavy atom. The van der Waals surface area contributed by atoms with Crippen molar-refractivity contribution in [1.82, 2.24) is 10.6 Å². The number of carbonyl (C=O) groups excluding carboxylic acids is 2. The van der Waals surface area contributed by atoms with Crippen molar-refractivity contribution in [3.63, 3.8) is 0 Å². The number of alkyl carbamates (subject to hydrolysis) is 1. The van der Waals surface area contributed by atoms with Gasteiger partial charge in [0.15, 0.2) is 0 Å². The highest BCUT2D eigenvalue weighted by Crippen LogP contribution is 2.27. The Morgan fingerprint density at radius 2 is 1.67 bits per heavy atom. The summed E-state index contributed by atoms with van der Waals surface area (Å²) in [6, 6.07) is 0. The van der Waals surface area contributed by atoms with Crippen molar-refractivity contribution in [2.24, 2.45) is 5.92 Å². The molecule has 1 fully saturated rings. The predicted octanol–water partition coefficient (Wildman–Crippen LogP) is 2.99. The number of hydrogen-bond donors (Lipinski definition) is 2. The lowest BCUT2D eigenvalue weighted by Crippen LogP contribution is -2.52. The maximum absolute atomic E-state index is 12.0. The summed E-state index contributed by atoms with van der Waals surface area (Å²) in [5.41, 5.74) is -0.994. The van der Waals surface area contributed by atoms with E-state index in [0.29, 0.717) is 18.9 Å². The lowest BCUT2D eigenvalue weighted by Gasteiger charge is -2.28. The van der Waals surface area contributed by atoms with Crippen LogP contribution in [0.4, 0.5) is 4.79 Å². The van der Waals surface area contributed by atoms with E-state index in [9.17, 15) is 9.59 Å². The largest absolute Gasteiger partial charge is 0.444 e. The Balaban J connectivity index is 2.31. The van der Waals surface area contributed by atoms with Gasteiger partial charge in [0.25, 0.3) is 0 Å². The molecule has 2 amide bonds. The second-order valence-corrected chi connectivity index (χ2v) is 7.64. The molecule has 0 aromatic rings. The lowest BCUT2D eigenvalue weighted by molar-refractivity contribution is -0.123. The zero-order valence-electron chi connectivity index (χ0n) is 14.0. The number of carbonyl (C=O) groups is 2. The van der Waals surface area contributed by atoms with Crippen LogP contribution < -0.4 is 10.6 Å². The average molecular weight is 298 g/mol. The zero-order valence-corrected chi connectivity index (χ0v) is 14.0. The van der Waals surface area contributed by atoms with Gasteiger partial charge in [0.1, 0.15) is 5.60 Å². The molecule has 0 aromatic heterocycles. The van der Waals surface area contributed by atoms with Crippen molar-refractivity contribution >= 4 is 12.0 Å². The fourth-order valence-corrected chi connectivity index (χ4v) is 2.56. The molecule has 122 valence electrons. The van der Waals surface area contributed by atoms with Crippen LogP contribution in [0.25, 0.3) is 0 Å². The number of rotatable bonds is 5. The zero-order chi connectivity index (χ0) is 16.1. The second-order valence-electron chi connectivity index (χ2n) is 7.64. The molecular formula is C16H30N2O3. The maximum Gasteiger partial charge on any atom is 0.407 e. The Labute approximate surface area is 128 Å². The molecular weight excluding hydrogens is 268 g/mol. The minimum Gasteiger partial charge on any atom is -0.444 e. The summed E-state index contributed by atoms with van der Waals surface area (Å²) in [5, 5.41) is 5.69. The summed E-state index contributed by atoms with van der Waals surface area (Å²) in [5.74, 6) is 0.595. The number of ether oxygens (including phenoxy) is 1. The highest BCUT2D eigenvalue weighted by molar-refractivity contribution is 5.77. The van der Waals surface area contributed by atoms with Crippen LogP contribution in [-0.4, -0.2) is 29.7 Å². The topological polar surface area (TPSA) is 67.4 Å². The highest BCUT2D eigenvalue weighted by Gasteiger charge is 2.25. The minimum atomic E-state index is -0.514. The van der Waals surface area contributed by atoms with E-state index >= 15 is 0 Å². The first kappa shape index (κ1) is 17.8. The van der Waals surface area contributed by atoms with Gasteiger partial charge in [-0.2, -0.15) is 0 Å².